The van der Waals surface area contributed by atoms with Crippen molar-refractivity contribution in [2.45, 2.75) is 18.5 Å². The molecule has 1 fully saturated rings. The highest BCUT2D eigenvalue weighted by molar-refractivity contribution is 5.74. The van der Waals surface area contributed by atoms with Crippen molar-refractivity contribution in [1.29, 1.82) is 0 Å². The molecular formula is C13H17F2N3O3. The van der Waals surface area contributed by atoms with Gasteiger partial charge in [0.15, 0.2) is 0 Å². The molecule has 0 spiro atoms. The second-order valence-corrected chi connectivity index (χ2v) is 4.82. The molecule has 6 nitrogen and oxygen atoms in total. The van der Waals surface area contributed by atoms with Crippen molar-refractivity contribution >= 4 is 6.03 Å². The predicted molar refractivity (Wildman–Crippen MR) is 70.3 cm³/mol. The first-order valence-electron chi connectivity index (χ1n) is 6.38. The maximum atomic E-state index is 13.4. The van der Waals surface area contributed by atoms with Crippen LogP contribution in [0.3, 0.4) is 0 Å². The van der Waals surface area contributed by atoms with Gasteiger partial charge in [0, 0.05) is 18.8 Å². The molecule has 0 bridgehead atoms. The fourth-order valence-electron chi connectivity index (χ4n) is 1.99. The molecule has 1 N–H and O–H groups in total. The van der Waals surface area contributed by atoms with Gasteiger partial charge in [-0.25, -0.2) is 13.6 Å². The summed E-state index contributed by atoms with van der Waals surface area (Å²) in [7, 11) is 3.01. The molecule has 1 saturated heterocycles. The van der Waals surface area contributed by atoms with Crippen LogP contribution in [0.5, 0.6) is 5.75 Å². The zero-order chi connectivity index (χ0) is 15.5. The van der Waals surface area contributed by atoms with Crippen molar-refractivity contribution in [3.05, 3.63) is 24.0 Å². The molecule has 1 unspecified atom stereocenters. The number of alkyl halides is 2. The van der Waals surface area contributed by atoms with Gasteiger partial charge in [-0.3, -0.25) is 4.98 Å². The molecule has 1 aliphatic rings. The summed E-state index contributed by atoms with van der Waals surface area (Å²) in [4.78, 5) is 17.2. The molecule has 0 saturated carbocycles. The van der Waals surface area contributed by atoms with Gasteiger partial charge >= 0.3 is 6.03 Å². The highest BCUT2D eigenvalue weighted by atomic mass is 19.3. The van der Waals surface area contributed by atoms with E-state index in [1.54, 1.807) is 12.3 Å². The number of nitrogens with one attached hydrogen (secondary N) is 1. The Hall–Kier alpha value is -1.96. The summed E-state index contributed by atoms with van der Waals surface area (Å²) >= 11 is 0. The summed E-state index contributed by atoms with van der Waals surface area (Å²) in [5, 5.41) is 2.28. The number of amides is 2. The zero-order valence-electron chi connectivity index (χ0n) is 11.8. The monoisotopic (exact) mass is 301 g/mol. The SMILES string of the molecule is COc1cnccc1CN(C)C(=O)NC1COCC1(F)F. The van der Waals surface area contributed by atoms with Crippen LogP contribution in [0, 0.1) is 0 Å². The highest BCUT2D eigenvalue weighted by Crippen LogP contribution is 2.25. The van der Waals surface area contributed by atoms with Crippen molar-refractivity contribution in [1.82, 2.24) is 15.2 Å². The number of pyridine rings is 1. The topological polar surface area (TPSA) is 63.7 Å². The van der Waals surface area contributed by atoms with Gasteiger partial charge in [0.05, 0.1) is 26.5 Å². The van der Waals surface area contributed by atoms with Gasteiger partial charge in [-0.2, -0.15) is 0 Å². The molecule has 2 rings (SSSR count). The predicted octanol–water partition coefficient (Wildman–Crippen LogP) is 1.27. The largest absolute Gasteiger partial charge is 0.495 e. The van der Waals surface area contributed by atoms with Crippen LogP contribution in [-0.2, 0) is 11.3 Å². The van der Waals surface area contributed by atoms with Gasteiger partial charge in [-0.05, 0) is 6.07 Å². The number of aromatic nitrogens is 1. The molecule has 116 valence electrons. The molecule has 2 heterocycles. The number of methoxy groups -OCH3 is 1. The number of nitrogens with zero attached hydrogens (tertiary/aromatic N) is 2. The number of hydrogen-bond acceptors (Lipinski definition) is 4. The van der Waals surface area contributed by atoms with Gasteiger partial charge in [0.2, 0.25) is 0 Å². The van der Waals surface area contributed by atoms with E-state index in [9.17, 15) is 13.6 Å². The third-order valence-corrected chi connectivity index (χ3v) is 3.23. The molecule has 21 heavy (non-hydrogen) atoms. The lowest BCUT2D eigenvalue weighted by atomic mass is 10.2. The smallest absolute Gasteiger partial charge is 0.317 e. The quantitative estimate of drug-likeness (QED) is 0.909. The molecule has 0 aromatic carbocycles. The molecule has 2 amide bonds. The zero-order valence-corrected chi connectivity index (χ0v) is 11.8. The molecule has 1 aromatic heterocycles. The van der Waals surface area contributed by atoms with Gasteiger partial charge in [-0.1, -0.05) is 0 Å². The van der Waals surface area contributed by atoms with Crippen molar-refractivity contribution in [2.24, 2.45) is 0 Å². The van der Waals surface area contributed by atoms with Crippen molar-refractivity contribution < 1.29 is 23.0 Å². The van der Waals surface area contributed by atoms with Crippen LogP contribution in [0.1, 0.15) is 5.56 Å². The first-order valence-corrected chi connectivity index (χ1v) is 6.38. The van der Waals surface area contributed by atoms with Crippen molar-refractivity contribution in [3.63, 3.8) is 0 Å². The highest BCUT2D eigenvalue weighted by Gasteiger charge is 2.46. The van der Waals surface area contributed by atoms with Crippen LogP contribution in [0.25, 0.3) is 0 Å². The number of carbonyl (C=O) groups is 1. The van der Waals surface area contributed by atoms with Crippen LogP contribution in [0.2, 0.25) is 0 Å². The molecule has 8 heteroatoms. The van der Waals surface area contributed by atoms with E-state index in [2.05, 4.69) is 10.3 Å². The Kier molecular flexibility index (Phi) is 4.56. The van der Waals surface area contributed by atoms with Crippen LogP contribution in [0.4, 0.5) is 13.6 Å². The normalized spacial score (nSPS) is 20.1. The van der Waals surface area contributed by atoms with E-state index in [0.29, 0.717) is 5.75 Å². The van der Waals surface area contributed by atoms with Crippen molar-refractivity contribution in [3.8, 4) is 5.75 Å². The maximum Gasteiger partial charge on any atom is 0.317 e. The van der Waals surface area contributed by atoms with Crippen LogP contribution in [0.15, 0.2) is 18.5 Å². The van der Waals surface area contributed by atoms with Crippen LogP contribution < -0.4 is 10.1 Å². The Morgan fingerprint density at radius 2 is 2.43 bits per heavy atom. The van der Waals surface area contributed by atoms with E-state index in [1.807, 2.05) is 0 Å². The average molecular weight is 301 g/mol. The molecule has 1 aliphatic heterocycles. The van der Waals surface area contributed by atoms with E-state index in [0.717, 1.165) is 5.56 Å². The number of halogens is 2. The Labute approximate surface area is 121 Å². The minimum absolute atomic E-state index is 0.189. The number of urea groups is 1. The number of ether oxygens (including phenoxy) is 2. The molecule has 1 aromatic rings. The van der Waals surface area contributed by atoms with Gasteiger partial charge in [0.25, 0.3) is 5.92 Å². The maximum absolute atomic E-state index is 13.4. The summed E-state index contributed by atoms with van der Waals surface area (Å²) in [6, 6.07) is -0.188. The van der Waals surface area contributed by atoms with Crippen LogP contribution >= 0.6 is 0 Å². The number of hydrogen-bond donors (Lipinski definition) is 1. The molecule has 0 aliphatic carbocycles. The number of carbonyl (C=O) groups excluding carboxylic acids is 1. The summed E-state index contributed by atoms with van der Waals surface area (Å²) in [5.74, 6) is -2.50. The van der Waals surface area contributed by atoms with Crippen LogP contribution in [-0.4, -0.2) is 55.3 Å². The Balaban J connectivity index is 1.97. The molecule has 1 atom stereocenters. The minimum Gasteiger partial charge on any atom is -0.495 e. The van der Waals surface area contributed by atoms with E-state index in [1.165, 1.54) is 25.3 Å². The van der Waals surface area contributed by atoms with Gasteiger partial charge in [0.1, 0.15) is 18.4 Å². The average Bonchev–Trinajstić information content (AvgIpc) is 2.78. The Bertz CT molecular complexity index is 513. The lowest BCUT2D eigenvalue weighted by molar-refractivity contribution is -0.0222. The van der Waals surface area contributed by atoms with Gasteiger partial charge < -0.3 is 19.7 Å². The third-order valence-electron chi connectivity index (χ3n) is 3.23. The second-order valence-electron chi connectivity index (χ2n) is 4.82. The Morgan fingerprint density at radius 1 is 1.67 bits per heavy atom. The summed E-state index contributed by atoms with van der Waals surface area (Å²) in [6.07, 6.45) is 3.10. The lowest BCUT2D eigenvalue weighted by Crippen LogP contribution is -2.50. The molecule has 0 radical (unpaired) electrons. The Morgan fingerprint density at radius 3 is 3.05 bits per heavy atom. The van der Waals surface area contributed by atoms with E-state index in [4.69, 9.17) is 9.47 Å². The first kappa shape index (κ1) is 15.4. The minimum atomic E-state index is -3.04. The third kappa shape index (κ3) is 3.57. The fraction of sp³-hybridized carbons (Fsp3) is 0.538. The summed E-state index contributed by atoms with van der Waals surface area (Å²) in [5.41, 5.74) is 0.736. The lowest BCUT2D eigenvalue weighted by Gasteiger charge is -2.23. The first-order chi connectivity index (χ1) is 9.94. The standard InChI is InChI=1S/C13H17F2N3O3/c1-18(6-9-3-4-16-5-10(9)20-2)12(19)17-11-7-21-8-13(11,14)15/h3-5,11H,6-8H2,1-2H3,(H,17,19). The van der Waals surface area contributed by atoms with Crippen molar-refractivity contribution in [2.75, 3.05) is 27.4 Å². The van der Waals surface area contributed by atoms with E-state index in [-0.39, 0.29) is 13.2 Å². The fourth-order valence-corrected chi connectivity index (χ4v) is 1.99. The number of rotatable bonds is 4. The van der Waals surface area contributed by atoms with E-state index >= 15 is 0 Å². The van der Waals surface area contributed by atoms with Gasteiger partial charge in [-0.15, -0.1) is 0 Å². The summed E-state index contributed by atoms with van der Waals surface area (Å²) in [6.45, 7) is -0.637. The second kappa shape index (κ2) is 6.21. The van der Waals surface area contributed by atoms with E-state index < -0.39 is 24.6 Å². The summed E-state index contributed by atoms with van der Waals surface area (Å²) < 4.78 is 36.6. The molecular weight excluding hydrogens is 284 g/mol.